The van der Waals surface area contributed by atoms with Gasteiger partial charge in [0, 0.05) is 13.1 Å². The van der Waals surface area contributed by atoms with Crippen LogP contribution < -0.4 is 10.2 Å². The van der Waals surface area contributed by atoms with E-state index in [-0.39, 0.29) is 17.6 Å². The maximum absolute atomic E-state index is 11.6. The van der Waals surface area contributed by atoms with Crippen LogP contribution in [0.5, 0.6) is 0 Å². The van der Waals surface area contributed by atoms with Gasteiger partial charge in [-0.2, -0.15) is 0 Å². The first-order valence-corrected chi connectivity index (χ1v) is 5.58. The van der Waals surface area contributed by atoms with Gasteiger partial charge in [0.1, 0.15) is 11.9 Å². The fourth-order valence-corrected chi connectivity index (χ4v) is 1.79. The van der Waals surface area contributed by atoms with Gasteiger partial charge in [-0.3, -0.25) is 9.78 Å². The van der Waals surface area contributed by atoms with Crippen LogP contribution in [0.15, 0.2) is 12.4 Å². The van der Waals surface area contributed by atoms with Crippen molar-refractivity contribution in [3.63, 3.8) is 0 Å². The molecule has 7 nitrogen and oxygen atoms in total. The van der Waals surface area contributed by atoms with Gasteiger partial charge in [0.25, 0.3) is 0 Å². The van der Waals surface area contributed by atoms with Crippen molar-refractivity contribution < 1.29 is 14.3 Å². The van der Waals surface area contributed by atoms with Gasteiger partial charge in [0.05, 0.1) is 19.5 Å². The van der Waals surface area contributed by atoms with E-state index in [0.29, 0.717) is 18.9 Å². The lowest BCUT2D eigenvalue weighted by molar-refractivity contribution is -0.122. The molecule has 96 valence electrons. The van der Waals surface area contributed by atoms with Gasteiger partial charge in [0.15, 0.2) is 5.69 Å². The van der Waals surface area contributed by atoms with Gasteiger partial charge >= 0.3 is 5.97 Å². The van der Waals surface area contributed by atoms with Crippen molar-refractivity contribution in [3.05, 3.63) is 18.1 Å². The fourth-order valence-electron chi connectivity index (χ4n) is 1.79. The Morgan fingerprint density at radius 2 is 2.33 bits per heavy atom. The summed E-state index contributed by atoms with van der Waals surface area (Å²) in [6.07, 6.45) is 2.87. The summed E-state index contributed by atoms with van der Waals surface area (Å²) >= 11 is 0. The van der Waals surface area contributed by atoms with E-state index in [1.165, 1.54) is 19.5 Å². The molecule has 0 bridgehead atoms. The summed E-state index contributed by atoms with van der Waals surface area (Å²) in [6.45, 7) is 2.96. The van der Waals surface area contributed by atoms with Crippen LogP contribution >= 0.6 is 0 Å². The molecule has 2 heterocycles. The number of esters is 1. The number of hydrogen-bond acceptors (Lipinski definition) is 6. The lowest BCUT2D eigenvalue weighted by Gasteiger charge is -2.33. The highest BCUT2D eigenvalue weighted by molar-refractivity contribution is 5.88. The zero-order chi connectivity index (χ0) is 13.1. The lowest BCUT2D eigenvalue weighted by Crippen LogP contribution is -2.54. The topological polar surface area (TPSA) is 84.4 Å². The largest absolute Gasteiger partial charge is 0.464 e. The molecule has 0 radical (unpaired) electrons. The molecule has 0 aromatic carbocycles. The molecule has 1 atom stereocenters. The van der Waals surface area contributed by atoms with Gasteiger partial charge in [-0.05, 0) is 6.92 Å². The number of piperazine rings is 1. The molecule has 1 N–H and O–H groups in total. The van der Waals surface area contributed by atoms with Crippen LogP contribution in [0.4, 0.5) is 5.82 Å². The molecule has 7 heteroatoms. The number of aromatic nitrogens is 2. The molecule has 1 amide bonds. The zero-order valence-electron chi connectivity index (χ0n) is 10.2. The number of nitrogens with zero attached hydrogens (tertiary/aromatic N) is 3. The Labute approximate surface area is 104 Å². The number of amides is 1. The lowest BCUT2D eigenvalue weighted by atomic mass is 10.2. The van der Waals surface area contributed by atoms with Crippen molar-refractivity contribution in [3.8, 4) is 0 Å². The predicted octanol–water partition coefficient (Wildman–Crippen LogP) is -0.412. The number of carbonyl (C=O) groups is 2. The molecular formula is C11H14N4O3. The molecule has 18 heavy (non-hydrogen) atoms. The molecule has 1 aromatic rings. The number of methoxy groups -OCH3 is 1. The normalized spacial score (nSPS) is 19.3. The van der Waals surface area contributed by atoms with Crippen LogP contribution in [0.3, 0.4) is 0 Å². The van der Waals surface area contributed by atoms with E-state index >= 15 is 0 Å². The Bertz CT molecular complexity index is 477. The van der Waals surface area contributed by atoms with E-state index in [9.17, 15) is 9.59 Å². The van der Waals surface area contributed by atoms with Crippen molar-refractivity contribution in [2.45, 2.75) is 13.0 Å². The first kappa shape index (κ1) is 12.3. The van der Waals surface area contributed by atoms with E-state index < -0.39 is 5.97 Å². The maximum atomic E-state index is 11.6. The SMILES string of the molecule is COC(=O)c1cncc(N2CCNC(=O)C2C)n1. The highest BCUT2D eigenvalue weighted by atomic mass is 16.5. The number of anilines is 1. The van der Waals surface area contributed by atoms with E-state index in [0.717, 1.165) is 0 Å². The molecular weight excluding hydrogens is 236 g/mol. The number of carbonyl (C=O) groups excluding carboxylic acids is 2. The van der Waals surface area contributed by atoms with Crippen LogP contribution in [0.2, 0.25) is 0 Å². The van der Waals surface area contributed by atoms with E-state index in [2.05, 4.69) is 20.0 Å². The minimum absolute atomic E-state index is 0.0634. The second-order valence-corrected chi connectivity index (χ2v) is 3.91. The van der Waals surface area contributed by atoms with E-state index in [1.54, 1.807) is 11.8 Å². The third-order valence-corrected chi connectivity index (χ3v) is 2.81. The molecule has 0 saturated carbocycles. The number of nitrogens with one attached hydrogen (secondary N) is 1. The number of ether oxygens (including phenoxy) is 1. The summed E-state index contributed by atoms with van der Waals surface area (Å²) < 4.78 is 4.59. The van der Waals surface area contributed by atoms with Crippen LogP contribution in [-0.2, 0) is 9.53 Å². The van der Waals surface area contributed by atoms with Crippen molar-refractivity contribution in [2.24, 2.45) is 0 Å². The second kappa shape index (κ2) is 4.99. The monoisotopic (exact) mass is 250 g/mol. The molecule has 1 aliphatic heterocycles. The Morgan fingerprint density at radius 3 is 3.06 bits per heavy atom. The van der Waals surface area contributed by atoms with Crippen molar-refractivity contribution in [1.29, 1.82) is 0 Å². The van der Waals surface area contributed by atoms with Gasteiger partial charge in [-0.25, -0.2) is 9.78 Å². The molecule has 1 aliphatic rings. The van der Waals surface area contributed by atoms with Crippen molar-refractivity contribution in [1.82, 2.24) is 15.3 Å². The molecule has 1 saturated heterocycles. The van der Waals surface area contributed by atoms with Crippen molar-refractivity contribution in [2.75, 3.05) is 25.1 Å². The Hall–Kier alpha value is -2.18. The molecule has 2 rings (SSSR count). The zero-order valence-corrected chi connectivity index (χ0v) is 10.2. The molecule has 1 unspecified atom stereocenters. The molecule has 1 aromatic heterocycles. The highest BCUT2D eigenvalue weighted by Crippen LogP contribution is 2.15. The number of rotatable bonds is 2. The second-order valence-electron chi connectivity index (χ2n) is 3.91. The third kappa shape index (κ3) is 2.24. The van der Waals surface area contributed by atoms with Crippen LogP contribution in [-0.4, -0.2) is 48.1 Å². The average molecular weight is 250 g/mol. The molecule has 0 aliphatic carbocycles. The smallest absolute Gasteiger partial charge is 0.358 e. The standard InChI is InChI=1S/C11H14N4O3/c1-7-10(16)13-3-4-15(7)9-6-12-5-8(14-9)11(17)18-2/h5-7H,3-4H2,1-2H3,(H,13,16). The Kier molecular flexibility index (Phi) is 3.40. The van der Waals surface area contributed by atoms with Gasteiger partial charge < -0.3 is 15.0 Å². The summed E-state index contributed by atoms with van der Waals surface area (Å²) in [4.78, 5) is 32.8. The van der Waals surface area contributed by atoms with Crippen LogP contribution in [0, 0.1) is 0 Å². The summed E-state index contributed by atoms with van der Waals surface area (Å²) in [5.41, 5.74) is 0.133. The molecule has 0 spiro atoms. The quantitative estimate of drug-likeness (QED) is 0.718. The third-order valence-electron chi connectivity index (χ3n) is 2.81. The van der Waals surface area contributed by atoms with E-state index in [1.807, 2.05) is 0 Å². The minimum atomic E-state index is -0.543. The Morgan fingerprint density at radius 1 is 1.56 bits per heavy atom. The predicted molar refractivity (Wildman–Crippen MR) is 63.2 cm³/mol. The Balaban J connectivity index is 2.27. The summed E-state index contributed by atoms with van der Waals surface area (Å²) in [5.74, 6) is -0.106. The maximum Gasteiger partial charge on any atom is 0.358 e. The van der Waals surface area contributed by atoms with Gasteiger partial charge in [0.2, 0.25) is 5.91 Å². The van der Waals surface area contributed by atoms with Gasteiger partial charge in [-0.15, -0.1) is 0 Å². The van der Waals surface area contributed by atoms with Crippen LogP contribution in [0.25, 0.3) is 0 Å². The number of hydrogen-bond donors (Lipinski definition) is 1. The molecule has 1 fully saturated rings. The summed E-state index contributed by atoms with van der Waals surface area (Å²) in [7, 11) is 1.29. The van der Waals surface area contributed by atoms with Gasteiger partial charge in [-0.1, -0.05) is 0 Å². The summed E-state index contributed by atoms with van der Waals surface area (Å²) in [6, 6.07) is -0.332. The first-order chi connectivity index (χ1) is 8.63. The summed E-state index contributed by atoms with van der Waals surface area (Å²) in [5, 5.41) is 2.76. The average Bonchev–Trinajstić information content (AvgIpc) is 2.41. The highest BCUT2D eigenvalue weighted by Gasteiger charge is 2.27. The first-order valence-electron chi connectivity index (χ1n) is 5.58. The van der Waals surface area contributed by atoms with Crippen molar-refractivity contribution >= 4 is 17.7 Å². The minimum Gasteiger partial charge on any atom is -0.464 e. The van der Waals surface area contributed by atoms with E-state index in [4.69, 9.17) is 0 Å². The fraction of sp³-hybridized carbons (Fsp3) is 0.455. The van der Waals surface area contributed by atoms with Crippen LogP contribution in [0.1, 0.15) is 17.4 Å².